The Morgan fingerprint density at radius 2 is 2.12 bits per heavy atom. The Morgan fingerprint density at radius 1 is 1.24 bits per heavy atom. The molecule has 2 atom stereocenters. The highest BCUT2D eigenvalue weighted by Crippen LogP contribution is 2.34. The highest BCUT2D eigenvalue weighted by molar-refractivity contribution is 6.18. The summed E-state index contributed by atoms with van der Waals surface area (Å²) in [5.41, 5.74) is 2.03. The molecule has 3 rings (SSSR count). The van der Waals surface area contributed by atoms with Gasteiger partial charge in [0.15, 0.2) is 0 Å². The van der Waals surface area contributed by atoms with E-state index in [9.17, 15) is 0 Å². The van der Waals surface area contributed by atoms with Crippen molar-refractivity contribution in [3.05, 3.63) is 42.1 Å². The maximum atomic E-state index is 5.96. The lowest BCUT2D eigenvalue weighted by atomic mass is 10.0. The van der Waals surface area contributed by atoms with E-state index in [1.807, 2.05) is 18.2 Å². The molecule has 3 heteroatoms. The van der Waals surface area contributed by atoms with Crippen molar-refractivity contribution in [1.29, 1.82) is 0 Å². The van der Waals surface area contributed by atoms with Gasteiger partial charge in [-0.1, -0.05) is 24.3 Å². The zero-order chi connectivity index (χ0) is 11.7. The minimum atomic E-state index is 0.0668. The number of pyridine rings is 1. The van der Waals surface area contributed by atoms with Gasteiger partial charge in [-0.15, -0.1) is 11.6 Å². The van der Waals surface area contributed by atoms with Gasteiger partial charge in [-0.25, -0.2) is 0 Å². The van der Waals surface area contributed by atoms with Crippen LogP contribution in [0.15, 0.2) is 36.4 Å². The lowest BCUT2D eigenvalue weighted by Gasteiger charge is -2.15. The summed E-state index contributed by atoms with van der Waals surface area (Å²) in [6.07, 6.45) is 1.10. The summed E-state index contributed by atoms with van der Waals surface area (Å²) >= 11 is 5.96. The van der Waals surface area contributed by atoms with Gasteiger partial charge in [-0.3, -0.25) is 4.98 Å². The van der Waals surface area contributed by atoms with Crippen molar-refractivity contribution in [1.82, 2.24) is 4.98 Å². The standard InChI is InChI=1S/C14H14ClNO/c15-9-11-7-8-17-14(11)13-6-5-10-3-1-2-4-12(10)16-13/h1-6,11,14H,7-9H2. The van der Waals surface area contributed by atoms with Crippen LogP contribution in [0.4, 0.5) is 0 Å². The number of hydrogen-bond donors (Lipinski definition) is 0. The van der Waals surface area contributed by atoms with Crippen molar-refractivity contribution in [3.8, 4) is 0 Å². The predicted molar refractivity (Wildman–Crippen MR) is 69.3 cm³/mol. The summed E-state index contributed by atoms with van der Waals surface area (Å²) in [6.45, 7) is 0.788. The number of halogens is 1. The Bertz CT molecular complexity index is 528. The predicted octanol–water partition coefficient (Wildman–Crippen LogP) is 3.55. The van der Waals surface area contributed by atoms with E-state index in [1.165, 1.54) is 0 Å². The van der Waals surface area contributed by atoms with E-state index in [0.717, 1.165) is 29.6 Å². The summed E-state index contributed by atoms with van der Waals surface area (Å²) in [7, 11) is 0. The van der Waals surface area contributed by atoms with Crippen molar-refractivity contribution in [2.45, 2.75) is 12.5 Å². The molecule has 17 heavy (non-hydrogen) atoms. The largest absolute Gasteiger partial charge is 0.372 e. The lowest BCUT2D eigenvalue weighted by molar-refractivity contribution is 0.0920. The van der Waals surface area contributed by atoms with Crippen molar-refractivity contribution in [3.63, 3.8) is 0 Å². The number of para-hydroxylation sites is 1. The lowest BCUT2D eigenvalue weighted by Crippen LogP contribution is -2.10. The zero-order valence-electron chi connectivity index (χ0n) is 9.47. The number of nitrogens with zero attached hydrogens (tertiary/aromatic N) is 1. The van der Waals surface area contributed by atoms with Crippen LogP contribution in [0.2, 0.25) is 0 Å². The average molecular weight is 248 g/mol. The van der Waals surface area contributed by atoms with Crippen molar-refractivity contribution in [2.24, 2.45) is 5.92 Å². The van der Waals surface area contributed by atoms with Crippen molar-refractivity contribution >= 4 is 22.5 Å². The molecule has 0 radical (unpaired) electrons. The van der Waals surface area contributed by atoms with E-state index < -0.39 is 0 Å². The van der Waals surface area contributed by atoms with Crippen LogP contribution in [-0.2, 0) is 4.74 Å². The number of rotatable bonds is 2. The van der Waals surface area contributed by atoms with Crippen LogP contribution in [-0.4, -0.2) is 17.5 Å². The van der Waals surface area contributed by atoms with Gasteiger partial charge in [0, 0.05) is 23.8 Å². The van der Waals surface area contributed by atoms with Gasteiger partial charge >= 0.3 is 0 Å². The van der Waals surface area contributed by atoms with Gasteiger partial charge in [0.05, 0.1) is 11.2 Å². The number of fused-ring (bicyclic) bond motifs is 1. The van der Waals surface area contributed by atoms with Gasteiger partial charge in [0.25, 0.3) is 0 Å². The molecule has 1 aliphatic heterocycles. The fourth-order valence-electron chi connectivity index (χ4n) is 2.36. The number of aromatic nitrogens is 1. The molecule has 0 bridgehead atoms. The van der Waals surface area contributed by atoms with Crippen LogP contribution < -0.4 is 0 Å². The smallest absolute Gasteiger partial charge is 0.103 e. The van der Waals surface area contributed by atoms with E-state index in [4.69, 9.17) is 16.3 Å². The SMILES string of the molecule is ClCC1CCOC1c1ccc2ccccc2n1. The van der Waals surface area contributed by atoms with Crippen LogP contribution in [0.1, 0.15) is 18.2 Å². The molecule has 0 aliphatic carbocycles. The fraction of sp³-hybridized carbons (Fsp3) is 0.357. The quantitative estimate of drug-likeness (QED) is 0.758. The molecule has 1 aliphatic rings. The van der Waals surface area contributed by atoms with E-state index >= 15 is 0 Å². The Labute approximate surface area is 106 Å². The molecule has 2 nitrogen and oxygen atoms in total. The number of hydrogen-bond acceptors (Lipinski definition) is 2. The topological polar surface area (TPSA) is 22.1 Å². The van der Waals surface area contributed by atoms with Crippen molar-refractivity contribution < 1.29 is 4.74 Å². The molecule has 0 amide bonds. The van der Waals surface area contributed by atoms with Crippen LogP contribution >= 0.6 is 11.6 Å². The molecule has 2 unspecified atom stereocenters. The second-order valence-corrected chi connectivity index (χ2v) is 4.73. The fourth-order valence-corrected chi connectivity index (χ4v) is 2.68. The third kappa shape index (κ3) is 2.03. The third-order valence-corrected chi connectivity index (χ3v) is 3.72. The molecule has 1 saturated heterocycles. The van der Waals surface area contributed by atoms with Crippen molar-refractivity contribution in [2.75, 3.05) is 12.5 Å². The molecule has 1 aromatic carbocycles. The van der Waals surface area contributed by atoms with Gasteiger partial charge in [-0.05, 0) is 18.6 Å². The van der Waals surface area contributed by atoms with Gasteiger partial charge < -0.3 is 4.74 Å². The Kier molecular flexibility index (Phi) is 3.00. The summed E-state index contributed by atoms with van der Waals surface area (Å²) < 4.78 is 5.74. The molecule has 88 valence electrons. The highest BCUT2D eigenvalue weighted by atomic mass is 35.5. The second-order valence-electron chi connectivity index (χ2n) is 4.42. The molecule has 1 aromatic heterocycles. The monoisotopic (exact) mass is 247 g/mol. The summed E-state index contributed by atoms with van der Waals surface area (Å²) in [5, 5.41) is 1.16. The van der Waals surface area contributed by atoms with Gasteiger partial charge in [0.2, 0.25) is 0 Å². The maximum Gasteiger partial charge on any atom is 0.103 e. The zero-order valence-corrected chi connectivity index (χ0v) is 10.2. The number of benzene rings is 1. The summed E-state index contributed by atoms with van der Waals surface area (Å²) in [4.78, 5) is 4.67. The summed E-state index contributed by atoms with van der Waals surface area (Å²) in [5.74, 6) is 1.03. The van der Waals surface area contributed by atoms with Crippen LogP contribution in [0.25, 0.3) is 10.9 Å². The Balaban J connectivity index is 2.00. The first kappa shape index (κ1) is 11.0. The minimum Gasteiger partial charge on any atom is -0.372 e. The molecule has 0 N–H and O–H groups in total. The van der Waals surface area contributed by atoms with Crippen LogP contribution in [0.3, 0.4) is 0 Å². The minimum absolute atomic E-state index is 0.0668. The normalized spacial score (nSPS) is 24.3. The first-order chi connectivity index (χ1) is 8.38. The molecule has 2 aromatic rings. The van der Waals surface area contributed by atoms with E-state index in [1.54, 1.807) is 0 Å². The highest BCUT2D eigenvalue weighted by Gasteiger charge is 2.29. The van der Waals surface area contributed by atoms with E-state index in [0.29, 0.717) is 11.8 Å². The molecule has 0 saturated carbocycles. The van der Waals surface area contributed by atoms with E-state index in [-0.39, 0.29) is 6.10 Å². The van der Waals surface area contributed by atoms with Crippen LogP contribution in [0, 0.1) is 5.92 Å². The first-order valence-electron chi connectivity index (χ1n) is 5.92. The Hall–Kier alpha value is -1.12. The second kappa shape index (κ2) is 4.63. The van der Waals surface area contributed by atoms with E-state index in [2.05, 4.69) is 23.2 Å². The maximum absolute atomic E-state index is 5.96. The molecular weight excluding hydrogens is 234 g/mol. The molecule has 2 heterocycles. The molecule has 1 fully saturated rings. The summed E-state index contributed by atoms with van der Waals surface area (Å²) in [6, 6.07) is 12.3. The van der Waals surface area contributed by atoms with Crippen LogP contribution in [0.5, 0.6) is 0 Å². The Morgan fingerprint density at radius 3 is 3.00 bits per heavy atom. The number of alkyl halides is 1. The van der Waals surface area contributed by atoms with Gasteiger partial charge in [0.1, 0.15) is 6.10 Å². The molecule has 0 spiro atoms. The average Bonchev–Trinajstić information content (AvgIpc) is 2.86. The number of ether oxygens (including phenoxy) is 1. The first-order valence-corrected chi connectivity index (χ1v) is 6.45. The third-order valence-electron chi connectivity index (χ3n) is 3.32. The van der Waals surface area contributed by atoms with Gasteiger partial charge in [-0.2, -0.15) is 0 Å². The molecular formula is C14H14ClNO.